The molecule has 0 bridgehead atoms. The normalized spacial score (nSPS) is 18.8. The number of benzene rings is 1. The number of hydrogen-bond donors (Lipinski definition) is 4. The Balaban J connectivity index is 1.92. The number of amides is 2. The van der Waals surface area contributed by atoms with Gasteiger partial charge in [0, 0.05) is 75.1 Å². The zero-order valence-electron chi connectivity index (χ0n) is 20.0. The summed E-state index contributed by atoms with van der Waals surface area (Å²) >= 11 is 0. The number of halogens is 1. The molecule has 0 atom stereocenters. The van der Waals surface area contributed by atoms with Gasteiger partial charge in [0.2, 0.25) is 0 Å². The van der Waals surface area contributed by atoms with Crippen LogP contribution in [0.3, 0.4) is 0 Å². The van der Waals surface area contributed by atoms with Crippen molar-refractivity contribution >= 4 is 28.8 Å². The second-order valence-electron chi connectivity index (χ2n) is 8.27. The fourth-order valence-corrected chi connectivity index (χ4v) is 4.09. The number of aliphatic imine (C=N–C) groups is 2. The maximum atomic E-state index is 15.0. The van der Waals surface area contributed by atoms with Crippen LogP contribution in [0, 0.1) is 5.82 Å². The Hall–Kier alpha value is -3.40. The maximum Gasteiger partial charge on any atom is 0.317 e. The van der Waals surface area contributed by atoms with Crippen molar-refractivity contribution in [3.05, 3.63) is 47.0 Å². The first-order valence-corrected chi connectivity index (χ1v) is 11.4. The fourth-order valence-electron chi connectivity index (χ4n) is 4.09. The molecule has 34 heavy (non-hydrogen) atoms. The second-order valence-corrected chi connectivity index (χ2v) is 8.27. The van der Waals surface area contributed by atoms with E-state index in [1.54, 1.807) is 38.1 Å². The summed E-state index contributed by atoms with van der Waals surface area (Å²) in [6.07, 6.45) is 3.79. The number of hydrogen-bond acceptors (Lipinski definition) is 6. The van der Waals surface area contributed by atoms with Crippen LogP contribution >= 0.6 is 0 Å². The summed E-state index contributed by atoms with van der Waals surface area (Å²) in [6, 6.07) is 4.73. The van der Waals surface area contributed by atoms with Crippen LogP contribution in [-0.4, -0.2) is 68.9 Å². The van der Waals surface area contributed by atoms with Crippen molar-refractivity contribution in [3.63, 3.8) is 0 Å². The summed E-state index contributed by atoms with van der Waals surface area (Å²) in [5.41, 5.74) is 15.8. The van der Waals surface area contributed by atoms with Gasteiger partial charge in [-0.3, -0.25) is 4.99 Å². The minimum absolute atomic E-state index is 0.110. The number of ether oxygens (including phenoxy) is 1. The molecule has 1 aromatic carbocycles. The van der Waals surface area contributed by atoms with Crippen LogP contribution in [0.25, 0.3) is 5.57 Å². The molecule has 1 aromatic rings. The molecule has 10 heteroatoms. The highest BCUT2D eigenvalue weighted by molar-refractivity contribution is 6.22. The summed E-state index contributed by atoms with van der Waals surface area (Å²) in [6.45, 7) is 4.05. The number of allylic oxidation sites excluding steroid dienone is 1. The lowest BCUT2D eigenvalue weighted by Gasteiger charge is -2.33. The predicted molar refractivity (Wildman–Crippen MR) is 134 cm³/mol. The van der Waals surface area contributed by atoms with E-state index in [0.717, 1.165) is 18.5 Å². The minimum atomic E-state index is -0.526. The molecule has 0 spiro atoms. The van der Waals surface area contributed by atoms with E-state index >= 15 is 0 Å². The Morgan fingerprint density at radius 1 is 1.32 bits per heavy atom. The highest BCUT2D eigenvalue weighted by Crippen LogP contribution is 2.26. The zero-order valence-corrected chi connectivity index (χ0v) is 20.0. The number of carbonyl (C=O) groups is 1. The van der Waals surface area contributed by atoms with Gasteiger partial charge in [-0.05, 0) is 37.5 Å². The molecule has 0 aliphatic carbocycles. The molecule has 6 N–H and O–H groups in total. The molecule has 0 saturated carbocycles. The predicted octanol–water partition coefficient (Wildman–Crippen LogP) is 2.27. The van der Waals surface area contributed by atoms with Gasteiger partial charge in [-0.25, -0.2) is 14.2 Å². The first-order chi connectivity index (χ1) is 16.4. The number of nitrogens with one attached hydrogen (secondary N) is 2. The van der Waals surface area contributed by atoms with Gasteiger partial charge >= 0.3 is 6.03 Å². The molecule has 2 heterocycles. The van der Waals surface area contributed by atoms with Gasteiger partial charge in [0.05, 0.1) is 6.54 Å². The molecule has 3 rings (SSSR count). The van der Waals surface area contributed by atoms with E-state index in [0.29, 0.717) is 48.6 Å². The quantitative estimate of drug-likeness (QED) is 0.374. The van der Waals surface area contributed by atoms with Gasteiger partial charge in [0.25, 0.3) is 0 Å². The minimum Gasteiger partial charge on any atom is -0.404 e. The lowest BCUT2D eigenvalue weighted by Crippen LogP contribution is -2.47. The zero-order chi connectivity index (χ0) is 24.7. The molecular formula is C24H34FN7O2. The third-order valence-corrected chi connectivity index (χ3v) is 6.15. The molecule has 0 radical (unpaired) electrons. The topological polar surface area (TPSA) is 130 Å². The fraction of sp³-hybridized carbons (Fsp3) is 0.458. The Bertz CT molecular complexity index is 1030. The SMILES string of the molecule is CN=C(C)C(=CN)c1ccc(N=C(N)C2=C(NC3CCOCC3)CCN(C(=O)NC)C2)c(F)c1. The molecule has 9 nitrogen and oxygen atoms in total. The maximum absolute atomic E-state index is 15.0. The van der Waals surface area contributed by atoms with E-state index in [-0.39, 0.29) is 30.1 Å². The van der Waals surface area contributed by atoms with Gasteiger partial charge < -0.3 is 31.7 Å². The first-order valence-electron chi connectivity index (χ1n) is 11.4. The third kappa shape index (κ3) is 5.93. The summed E-state index contributed by atoms with van der Waals surface area (Å²) in [7, 11) is 3.24. The van der Waals surface area contributed by atoms with Gasteiger partial charge in [-0.15, -0.1) is 0 Å². The summed E-state index contributed by atoms with van der Waals surface area (Å²) in [5, 5.41) is 6.22. The number of nitrogens with zero attached hydrogens (tertiary/aromatic N) is 3. The van der Waals surface area contributed by atoms with Crippen LogP contribution in [0.1, 0.15) is 31.7 Å². The van der Waals surface area contributed by atoms with Gasteiger partial charge in [-0.1, -0.05) is 6.07 Å². The molecule has 1 saturated heterocycles. The Morgan fingerprint density at radius 3 is 2.68 bits per heavy atom. The van der Waals surface area contributed by atoms with Crippen molar-refractivity contribution in [1.29, 1.82) is 0 Å². The van der Waals surface area contributed by atoms with E-state index in [1.165, 1.54) is 12.3 Å². The van der Waals surface area contributed by atoms with Crippen LogP contribution in [0.5, 0.6) is 0 Å². The van der Waals surface area contributed by atoms with Crippen molar-refractivity contribution in [2.45, 2.75) is 32.2 Å². The molecule has 0 aromatic heterocycles. The van der Waals surface area contributed by atoms with Crippen molar-refractivity contribution in [1.82, 2.24) is 15.5 Å². The van der Waals surface area contributed by atoms with Crippen LogP contribution in [0.15, 0.2) is 45.7 Å². The van der Waals surface area contributed by atoms with Crippen molar-refractivity contribution < 1.29 is 13.9 Å². The molecule has 0 unspecified atom stereocenters. The average Bonchev–Trinajstić information content (AvgIpc) is 2.86. The first kappa shape index (κ1) is 25.2. The smallest absolute Gasteiger partial charge is 0.317 e. The Kier molecular flexibility index (Phi) is 8.64. The highest BCUT2D eigenvalue weighted by Gasteiger charge is 2.26. The third-order valence-electron chi connectivity index (χ3n) is 6.15. The number of rotatable bonds is 6. The second kappa shape index (κ2) is 11.6. The summed E-state index contributed by atoms with van der Waals surface area (Å²) in [4.78, 5) is 22.4. The van der Waals surface area contributed by atoms with E-state index in [2.05, 4.69) is 20.6 Å². The van der Waals surface area contributed by atoms with E-state index in [4.69, 9.17) is 16.2 Å². The van der Waals surface area contributed by atoms with E-state index in [9.17, 15) is 9.18 Å². The van der Waals surface area contributed by atoms with Crippen LogP contribution < -0.4 is 22.1 Å². The largest absolute Gasteiger partial charge is 0.404 e. The number of amidine groups is 1. The number of carbonyl (C=O) groups excluding carboxylic acids is 1. The van der Waals surface area contributed by atoms with Crippen molar-refractivity contribution in [2.75, 3.05) is 40.4 Å². The van der Waals surface area contributed by atoms with Gasteiger partial charge in [0.15, 0.2) is 0 Å². The highest BCUT2D eigenvalue weighted by atomic mass is 19.1. The Labute approximate surface area is 199 Å². The van der Waals surface area contributed by atoms with Gasteiger partial charge in [-0.2, -0.15) is 0 Å². The molecular weight excluding hydrogens is 437 g/mol. The lowest BCUT2D eigenvalue weighted by atomic mass is 10.0. The molecule has 1 fully saturated rings. The summed E-state index contributed by atoms with van der Waals surface area (Å²) in [5.74, 6) is -0.349. The number of nitrogens with two attached hydrogens (primary N) is 2. The monoisotopic (exact) mass is 471 g/mol. The van der Waals surface area contributed by atoms with Gasteiger partial charge in [0.1, 0.15) is 17.3 Å². The average molecular weight is 472 g/mol. The van der Waals surface area contributed by atoms with Crippen LogP contribution in [0.4, 0.5) is 14.9 Å². The molecule has 2 aliphatic heterocycles. The van der Waals surface area contributed by atoms with Crippen molar-refractivity contribution in [3.8, 4) is 0 Å². The van der Waals surface area contributed by atoms with Crippen LogP contribution in [-0.2, 0) is 4.74 Å². The number of urea groups is 1. The molecule has 184 valence electrons. The lowest BCUT2D eigenvalue weighted by molar-refractivity contribution is 0.0798. The van der Waals surface area contributed by atoms with E-state index < -0.39 is 5.82 Å². The molecule has 2 aliphatic rings. The van der Waals surface area contributed by atoms with E-state index in [1.807, 2.05) is 0 Å². The van der Waals surface area contributed by atoms with Crippen LogP contribution in [0.2, 0.25) is 0 Å². The standard InChI is InChI=1S/C24H34FN7O2/c1-15(28-2)18(13-26)16-4-5-22(20(25)12-16)31-23(27)19-14-32(24(33)29-3)9-6-21(19)30-17-7-10-34-11-8-17/h4-5,12-13,17,30H,6-11,14,26H2,1-3H3,(H2,27,31)(H,29,33). The Morgan fingerprint density at radius 2 is 2.06 bits per heavy atom. The van der Waals surface area contributed by atoms with Crippen molar-refractivity contribution in [2.24, 2.45) is 21.5 Å². The molecule has 2 amide bonds. The summed E-state index contributed by atoms with van der Waals surface area (Å²) < 4.78 is 20.4.